The highest BCUT2D eigenvalue weighted by atomic mass is 79.9. The van der Waals surface area contributed by atoms with Gasteiger partial charge in [0.25, 0.3) is 5.91 Å². The predicted octanol–water partition coefficient (Wildman–Crippen LogP) is 1.13. The summed E-state index contributed by atoms with van der Waals surface area (Å²) in [5, 5.41) is 4.21. The van der Waals surface area contributed by atoms with Gasteiger partial charge in [0, 0.05) is 31.7 Å². The number of amides is 1. The number of hydrogen-bond donors (Lipinski definition) is 0. The molecule has 0 N–H and O–H groups in total. The second kappa shape index (κ2) is 4.49. The van der Waals surface area contributed by atoms with Gasteiger partial charge in [0.1, 0.15) is 5.69 Å². The lowest BCUT2D eigenvalue weighted by atomic mass is 10.1. The molecule has 2 aromatic heterocycles. The molecule has 1 amide bonds. The van der Waals surface area contributed by atoms with E-state index in [9.17, 15) is 4.79 Å². The molecule has 0 atom stereocenters. The van der Waals surface area contributed by atoms with Crippen LogP contribution < -0.4 is 0 Å². The van der Waals surface area contributed by atoms with Gasteiger partial charge < -0.3 is 4.90 Å². The van der Waals surface area contributed by atoms with Crippen molar-refractivity contribution in [2.24, 2.45) is 0 Å². The number of rotatable bonds is 2. The van der Waals surface area contributed by atoms with Crippen molar-refractivity contribution >= 4 is 21.8 Å². The quantitative estimate of drug-likeness (QED) is 0.834. The molecule has 0 aromatic carbocycles. The van der Waals surface area contributed by atoms with E-state index in [-0.39, 0.29) is 11.9 Å². The zero-order valence-electron chi connectivity index (χ0n) is 9.40. The predicted molar refractivity (Wildman–Crippen MR) is 66.9 cm³/mol. The third kappa shape index (κ3) is 2.01. The molecule has 0 spiro atoms. The lowest BCUT2D eigenvalue weighted by molar-refractivity contribution is 0.0495. The smallest absolute Gasteiger partial charge is 0.274 e. The van der Waals surface area contributed by atoms with Gasteiger partial charge in [-0.05, 0) is 15.9 Å². The van der Waals surface area contributed by atoms with E-state index >= 15 is 0 Å². The lowest BCUT2D eigenvalue weighted by Crippen LogP contribution is -2.51. The van der Waals surface area contributed by atoms with Crippen molar-refractivity contribution in [3.8, 4) is 0 Å². The van der Waals surface area contributed by atoms with E-state index in [2.05, 4.69) is 31.0 Å². The van der Waals surface area contributed by atoms with Crippen LogP contribution in [0.15, 0.2) is 35.5 Å². The molecule has 18 heavy (non-hydrogen) atoms. The van der Waals surface area contributed by atoms with Crippen LogP contribution in [0.4, 0.5) is 0 Å². The lowest BCUT2D eigenvalue weighted by Gasteiger charge is -2.38. The Labute approximate surface area is 112 Å². The fourth-order valence-corrected chi connectivity index (χ4v) is 2.18. The van der Waals surface area contributed by atoms with Gasteiger partial charge in [-0.3, -0.25) is 14.5 Å². The van der Waals surface area contributed by atoms with Crippen molar-refractivity contribution in [1.82, 2.24) is 24.6 Å². The number of likely N-dealkylation sites (tertiary alicyclic amines) is 1. The fourth-order valence-electron chi connectivity index (χ4n) is 1.87. The van der Waals surface area contributed by atoms with Gasteiger partial charge in [-0.25, -0.2) is 4.98 Å². The molecule has 2 aromatic rings. The maximum Gasteiger partial charge on any atom is 0.274 e. The topological polar surface area (TPSA) is 63.9 Å². The molecule has 1 aliphatic rings. The van der Waals surface area contributed by atoms with Gasteiger partial charge >= 0.3 is 0 Å². The number of hydrogen-bond acceptors (Lipinski definition) is 4. The van der Waals surface area contributed by atoms with Gasteiger partial charge in [0.2, 0.25) is 0 Å². The Morgan fingerprint density at radius 3 is 2.78 bits per heavy atom. The summed E-state index contributed by atoms with van der Waals surface area (Å²) in [5.41, 5.74) is 0.387. The Morgan fingerprint density at radius 1 is 1.33 bits per heavy atom. The van der Waals surface area contributed by atoms with Gasteiger partial charge in [0.15, 0.2) is 0 Å². The van der Waals surface area contributed by atoms with E-state index in [0.29, 0.717) is 18.8 Å². The first-order valence-electron chi connectivity index (χ1n) is 5.49. The summed E-state index contributed by atoms with van der Waals surface area (Å²) >= 11 is 3.35. The van der Waals surface area contributed by atoms with Gasteiger partial charge in [-0.1, -0.05) is 0 Å². The molecule has 6 nitrogen and oxygen atoms in total. The van der Waals surface area contributed by atoms with Crippen LogP contribution in [0.1, 0.15) is 16.5 Å². The first kappa shape index (κ1) is 11.3. The second-order valence-corrected chi connectivity index (χ2v) is 5.01. The number of nitrogens with zero attached hydrogens (tertiary/aromatic N) is 5. The highest BCUT2D eigenvalue weighted by Crippen LogP contribution is 2.23. The SMILES string of the molecule is O=C(c1cnccn1)N1CC(n2cc(Br)cn2)C1. The van der Waals surface area contributed by atoms with Crippen LogP contribution in [0, 0.1) is 0 Å². The highest BCUT2D eigenvalue weighted by molar-refractivity contribution is 9.10. The number of halogens is 1. The maximum absolute atomic E-state index is 12.0. The minimum absolute atomic E-state index is 0.0782. The van der Waals surface area contributed by atoms with Crippen molar-refractivity contribution in [3.63, 3.8) is 0 Å². The van der Waals surface area contributed by atoms with Gasteiger partial charge in [0.05, 0.1) is 22.9 Å². The van der Waals surface area contributed by atoms with Crippen molar-refractivity contribution < 1.29 is 4.79 Å². The van der Waals surface area contributed by atoms with E-state index in [1.807, 2.05) is 10.9 Å². The van der Waals surface area contributed by atoms with E-state index in [4.69, 9.17) is 0 Å². The molecule has 1 aliphatic heterocycles. The van der Waals surface area contributed by atoms with Crippen molar-refractivity contribution in [2.45, 2.75) is 6.04 Å². The molecular formula is C11H10BrN5O. The highest BCUT2D eigenvalue weighted by Gasteiger charge is 2.33. The maximum atomic E-state index is 12.0. The summed E-state index contributed by atoms with van der Waals surface area (Å²) in [6.45, 7) is 1.31. The molecule has 0 bridgehead atoms. The summed E-state index contributed by atoms with van der Waals surface area (Å²) in [5.74, 6) is -0.0782. The van der Waals surface area contributed by atoms with E-state index < -0.39 is 0 Å². The van der Waals surface area contributed by atoms with E-state index in [1.54, 1.807) is 17.3 Å². The average molecular weight is 308 g/mol. The van der Waals surface area contributed by atoms with Crippen LogP contribution in [0.25, 0.3) is 0 Å². The standard InChI is InChI=1S/C11H10BrN5O/c12-8-3-15-17(5-8)9-6-16(7-9)11(18)10-4-13-1-2-14-10/h1-5,9H,6-7H2. The molecule has 7 heteroatoms. The number of carbonyl (C=O) groups excluding carboxylic acids is 1. The average Bonchev–Trinajstić information content (AvgIpc) is 2.75. The monoisotopic (exact) mass is 307 g/mol. The zero-order chi connectivity index (χ0) is 12.5. The van der Waals surface area contributed by atoms with E-state index in [1.165, 1.54) is 12.4 Å². The van der Waals surface area contributed by atoms with Crippen LogP contribution in [0.5, 0.6) is 0 Å². The summed E-state index contributed by atoms with van der Waals surface area (Å²) in [6.07, 6.45) is 8.22. The Kier molecular flexibility index (Phi) is 2.83. The molecule has 92 valence electrons. The minimum Gasteiger partial charge on any atom is -0.333 e. The minimum atomic E-state index is -0.0782. The zero-order valence-corrected chi connectivity index (χ0v) is 11.0. The van der Waals surface area contributed by atoms with Crippen molar-refractivity contribution in [2.75, 3.05) is 13.1 Å². The van der Waals surface area contributed by atoms with Crippen LogP contribution in [0.2, 0.25) is 0 Å². The summed E-state index contributed by atoms with van der Waals surface area (Å²) in [6, 6.07) is 0.247. The molecule has 1 fully saturated rings. The van der Waals surface area contributed by atoms with Crippen molar-refractivity contribution in [1.29, 1.82) is 0 Å². The van der Waals surface area contributed by atoms with Crippen LogP contribution in [0.3, 0.4) is 0 Å². The molecular weight excluding hydrogens is 298 g/mol. The Hall–Kier alpha value is -1.76. The molecule has 1 saturated heterocycles. The normalized spacial score (nSPS) is 15.5. The molecule has 0 unspecified atom stereocenters. The van der Waals surface area contributed by atoms with Gasteiger partial charge in [-0.2, -0.15) is 5.10 Å². The van der Waals surface area contributed by atoms with Gasteiger partial charge in [-0.15, -0.1) is 0 Å². The first-order valence-corrected chi connectivity index (χ1v) is 6.28. The Balaban J connectivity index is 1.64. The molecule has 0 aliphatic carbocycles. The van der Waals surface area contributed by atoms with Crippen molar-refractivity contribution in [3.05, 3.63) is 41.2 Å². The third-order valence-electron chi connectivity index (χ3n) is 2.88. The summed E-state index contributed by atoms with van der Waals surface area (Å²) in [4.78, 5) is 21.6. The Bertz CT molecular complexity index is 564. The summed E-state index contributed by atoms with van der Waals surface area (Å²) < 4.78 is 2.81. The fraction of sp³-hybridized carbons (Fsp3) is 0.273. The molecule has 3 rings (SSSR count). The molecule has 3 heterocycles. The second-order valence-electron chi connectivity index (χ2n) is 4.09. The summed E-state index contributed by atoms with van der Waals surface area (Å²) in [7, 11) is 0. The Morgan fingerprint density at radius 2 is 2.17 bits per heavy atom. The third-order valence-corrected chi connectivity index (χ3v) is 3.29. The van der Waals surface area contributed by atoms with Crippen LogP contribution in [-0.2, 0) is 0 Å². The van der Waals surface area contributed by atoms with Crippen LogP contribution >= 0.6 is 15.9 Å². The molecule has 0 radical (unpaired) electrons. The first-order chi connectivity index (χ1) is 8.74. The van der Waals surface area contributed by atoms with Crippen LogP contribution in [-0.4, -0.2) is 43.6 Å². The largest absolute Gasteiger partial charge is 0.333 e. The number of carbonyl (C=O) groups is 1. The van der Waals surface area contributed by atoms with E-state index in [0.717, 1.165) is 4.47 Å². The number of aromatic nitrogens is 4. The molecule has 0 saturated carbocycles.